The first-order valence-electron chi connectivity index (χ1n) is 6.13. The average molecular weight is 335 g/mol. The molecule has 0 aliphatic heterocycles. The lowest BCUT2D eigenvalue weighted by atomic mass is 10.1. The molecule has 0 heterocycles. The maximum atomic E-state index is 13.5. The number of methoxy groups -OCH3 is 1. The molecule has 1 aromatic rings. The summed E-state index contributed by atoms with van der Waals surface area (Å²) in [5, 5.41) is 0. The number of carbonyl (C=O) groups excluding carboxylic acids is 2. The molecule has 0 radical (unpaired) electrons. The predicted octanol–water partition coefficient (Wildman–Crippen LogP) is 3.14. The van der Waals surface area contributed by atoms with Gasteiger partial charge in [-0.05, 0) is 25.1 Å². The number of hydrogen-bond acceptors (Lipinski definition) is 4. The first-order valence-corrected chi connectivity index (χ1v) is 6.88. The Balaban J connectivity index is 1.97. The number of ketones is 1. The van der Waals surface area contributed by atoms with Crippen molar-refractivity contribution in [2.45, 2.75) is 17.7 Å². The van der Waals surface area contributed by atoms with Crippen molar-refractivity contribution in [2.24, 2.45) is 5.41 Å². The van der Waals surface area contributed by atoms with Gasteiger partial charge >= 0.3 is 5.97 Å². The highest BCUT2D eigenvalue weighted by Crippen LogP contribution is 2.64. The molecule has 1 aliphatic carbocycles. The van der Waals surface area contributed by atoms with E-state index in [0.29, 0.717) is 0 Å². The van der Waals surface area contributed by atoms with E-state index >= 15 is 0 Å². The molecule has 2 rings (SSSR count). The van der Waals surface area contributed by atoms with Crippen LogP contribution in [0.5, 0.6) is 5.75 Å². The number of halogens is 3. The maximum Gasteiger partial charge on any atom is 0.315 e. The summed E-state index contributed by atoms with van der Waals surface area (Å²) in [7, 11) is 1.32. The Bertz CT molecular complexity index is 603. The third-order valence-corrected chi connectivity index (χ3v) is 4.62. The minimum atomic E-state index is -1.15. The second kappa shape index (κ2) is 5.46. The molecule has 0 spiro atoms. The quantitative estimate of drug-likeness (QED) is 0.471. The van der Waals surface area contributed by atoms with E-state index in [0.717, 1.165) is 6.07 Å². The van der Waals surface area contributed by atoms with Gasteiger partial charge in [0.25, 0.3) is 0 Å². The van der Waals surface area contributed by atoms with Crippen LogP contribution in [0.25, 0.3) is 0 Å². The Morgan fingerprint density at radius 1 is 1.38 bits per heavy atom. The van der Waals surface area contributed by atoms with Gasteiger partial charge in [0, 0.05) is 12.0 Å². The summed E-state index contributed by atoms with van der Waals surface area (Å²) in [4.78, 5) is 23.7. The van der Waals surface area contributed by atoms with E-state index in [-0.39, 0.29) is 17.7 Å². The van der Waals surface area contributed by atoms with Gasteiger partial charge in [0.2, 0.25) is 0 Å². The largest absolute Gasteiger partial charge is 0.494 e. The summed E-state index contributed by atoms with van der Waals surface area (Å²) in [6.45, 7) is 1.07. The van der Waals surface area contributed by atoms with Crippen LogP contribution >= 0.6 is 23.2 Å². The van der Waals surface area contributed by atoms with E-state index < -0.39 is 33.9 Å². The summed E-state index contributed by atoms with van der Waals surface area (Å²) >= 11 is 11.7. The average Bonchev–Trinajstić information content (AvgIpc) is 2.95. The van der Waals surface area contributed by atoms with Crippen molar-refractivity contribution in [2.75, 3.05) is 13.7 Å². The Hall–Kier alpha value is -1.33. The first-order chi connectivity index (χ1) is 9.71. The molecule has 1 atom stereocenters. The Morgan fingerprint density at radius 2 is 2.00 bits per heavy atom. The fraction of sp³-hybridized carbons (Fsp3) is 0.429. The van der Waals surface area contributed by atoms with E-state index in [1.807, 2.05) is 0 Å². The summed E-state index contributed by atoms with van der Waals surface area (Å²) in [5.41, 5.74) is -0.910. The van der Waals surface area contributed by atoms with Gasteiger partial charge < -0.3 is 9.47 Å². The van der Waals surface area contributed by atoms with E-state index in [9.17, 15) is 14.0 Å². The molecule has 1 unspecified atom stereocenters. The van der Waals surface area contributed by atoms with Gasteiger partial charge in [0.05, 0.1) is 7.11 Å². The van der Waals surface area contributed by atoms with E-state index in [1.165, 1.54) is 19.2 Å². The minimum absolute atomic E-state index is 0.0306. The topological polar surface area (TPSA) is 52.6 Å². The number of hydrogen-bond donors (Lipinski definition) is 0. The van der Waals surface area contributed by atoms with Crippen molar-refractivity contribution in [3.05, 3.63) is 29.6 Å². The molecule has 114 valence electrons. The molecule has 0 aromatic heterocycles. The first kappa shape index (κ1) is 16.0. The van der Waals surface area contributed by atoms with Gasteiger partial charge in [-0.1, -0.05) is 0 Å². The van der Waals surface area contributed by atoms with Crippen LogP contribution in [0.4, 0.5) is 4.39 Å². The van der Waals surface area contributed by atoms with Crippen molar-refractivity contribution in [1.82, 2.24) is 0 Å². The lowest BCUT2D eigenvalue weighted by molar-refractivity contribution is -0.148. The molecule has 21 heavy (non-hydrogen) atoms. The molecule has 0 amide bonds. The Kier molecular flexibility index (Phi) is 4.17. The third-order valence-electron chi connectivity index (χ3n) is 3.52. The van der Waals surface area contributed by atoms with Gasteiger partial charge in [-0.25, -0.2) is 4.39 Å². The number of benzene rings is 1. The molecule has 0 N–H and O–H groups in total. The molecule has 4 nitrogen and oxygen atoms in total. The van der Waals surface area contributed by atoms with Crippen LogP contribution in [-0.4, -0.2) is 29.8 Å². The highest BCUT2D eigenvalue weighted by Gasteiger charge is 2.69. The third kappa shape index (κ3) is 2.99. The highest BCUT2D eigenvalue weighted by atomic mass is 35.5. The monoisotopic (exact) mass is 334 g/mol. The number of rotatable bonds is 5. The Morgan fingerprint density at radius 3 is 2.48 bits per heavy atom. The van der Waals surface area contributed by atoms with Crippen LogP contribution in [0.2, 0.25) is 0 Å². The number of ether oxygens (including phenoxy) is 2. The maximum absolute atomic E-state index is 13.5. The standard InChI is InChI=1S/C14H13Cl2FO4/c1-13(7-14(13,15)16)12(19)21-6-10(18)8-3-4-11(20-2)9(17)5-8/h3-5H,6-7H2,1-2H3. The molecule has 1 aromatic carbocycles. The highest BCUT2D eigenvalue weighted by molar-refractivity contribution is 6.53. The van der Waals surface area contributed by atoms with Crippen LogP contribution in [0.15, 0.2) is 18.2 Å². The van der Waals surface area contributed by atoms with Gasteiger partial charge in [0.1, 0.15) is 9.75 Å². The zero-order valence-corrected chi connectivity index (χ0v) is 12.9. The lowest BCUT2D eigenvalue weighted by Gasteiger charge is -2.11. The summed E-state index contributed by atoms with van der Waals surface area (Å²) in [6, 6.07) is 3.75. The molecule has 0 bridgehead atoms. The fourth-order valence-corrected chi connectivity index (χ4v) is 2.52. The Labute approximate surface area is 131 Å². The summed E-state index contributed by atoms with van der Waals surface area (Å²) < 4.78 is 22.0. The second-order valence-electron chi connectivity index (χ2n) is 5.06. The van der Waals surface area contributed by atoms with Gasteiger partial charge in [-0.3, -0.25) is 9.59 Å². The van der Waals surface area contributed by atoms with Crippen LogP contribution in [-0.2, 0) is 9.53 Å². The molecule has 1 aliphatic rings. The second-order valence-corrected chi connectivity index (χ2v) is 6.55. The van der Waals surface area contributed by atoms with Crippen molar-refractivity contribution in [1.29, 1.82) is 0 Å². The number of esters is 1. The van der Waals surface area contributed by atoms with Crippen molar-refractivity contribution in [3.8, 4) is 5.75 Å². The van der Waals surface area contributed by atoms with Crippen molar-refractivity contribution >= 4 is 35.0 Å². The molecule has 1 fully saturated rings. The van der Waals surface area contributed by atoms with Crippen LogP contribution in [0.1, 0.15) is 23.7 Å². The van der Waals surface area contributed by atoms with Gasteiger partial charge in [-0.2, -0.15) is 0 Å². The van der Waals surface area contributed by atoms with E-state index in [4.69, 9.17) is 32.7 Å². The number of Topliss-reactive ketones (excluding diaryl/α,β-unsaturated/α-hetero) is 1. The van der Waals surface area contributed by atoms with E-state index in [1.54, 1.807) is 6.92 Å². The van der Waals surface area contributed by atoms with Crippen molar-refractivity contribution < 1.29 is 23.5 Å². The molecule has 0 saturated heterocycles. The summed E-state index contributed by atoms with van der Waals surface area (Å²) in [5.74, 6) is -1.80. The molecule has 7 heteroatoms. The normalized spacial score (nSPS) is 22.5. The lowest BCUT2D eigenvalue weighted by Crippen LogP contribution is -2.24. The smallest absolute Gasteiger partial charge is 0.315 e. The van der Waals surface area contributed by atoms with Crippen LogP contribution < -0.4 is 4.74 Å². The molecule has 1 saturated carbocycles. The number of carbonyl (C=O) groups is 2. The van der Waals surface area contributed by atoms with Crippen LogP contribution in [0.3, 0.4) is 0 Å². The zero-order chi connectivity index (χ0) is 15.8. The minimum Gasteiger partial charge on any atom is -0.494 e. The number of alkyl halides is 2. The zero-order valence-electron chi connectivity index (χ0n) is 11.4. The predicted molar refractivity (Wildman–Crippen MR) is 75.4 cm³/mol. The fourth-order valence-electron chi connectivity index (χ4n) is 1.83. The van der Waals surface area contributed by atoms with Crippen LogP contribution in [0, 0.1) is 11.2 Å². The summed E-state index contributed by atoms with van der Waals surface area (Å²) in [6.07, 6.45) is 0.271. The van der Waals surface area contributed by atoms with Gasteiger partial charge in [0.15, 0.2) is 24.0 Å². The molecular formula is C14H13Cl2FO4. The van der Waals surface area contributed by atoms with E-state index in [2.05, 4.69) is 0 Å². The van der Waals surface area contributed by atoms with Gasteiger partial charge in [-0.15, -0.1) is 23.2 Å². The molecular weight excluding hydrogens is 322 g/mol. The van der Waals surface area contributed by atoms with Crippen molar-refractivity contribution in [3.63, 3.8) is 0 Å². The SMILES string of the molecule is COc1ccc(C(=O)COC(=O)C2(C)CC2(Cl)Cl)cc1F.